The van der Waals surface area contributed by atoms with E-state index in [2.05, 4.69) is 16.4 Å². The Morgan fingerprint density at radius 3 is 2.59 bits per heavy atom. The highest BCUT2D eigenvalue weighted by Crippen LogP contribution is 2.66. The van der Waals surface area contributed by atoms with Gasteiger partial charge in [0.2, 0.25) is 0 Å². The second kappa shape index (κ2) is 12.0. The fourth-order valence-electron chi connectivity index (χ4n) is 8.03. The maximum atomic E-state index is 13.5. The summed E-state index contributed by atoms with van der Waals surface area (Å²) in [5.41, 5.74) is -0.514. The first-order valence-corrected chi connectivity index (χ1v) is 15.5. The van der Waals surface area contributed by atoms with Crippen molar-refractivity contribution in [2.75, 3.05) is 7.11 Å². The number of ether oxygens (including phenoxy) is 5. The molecule has 4 bridgehead atoms. The normalized spacial score (nSPS) is 41.5. The number of nitrogens with one attached hydrogen (secondary N) is 2. The van der Waals surface area contributed by atoms with E-state index < -0.39 is 83.4 Å². The van der Waals surface area contributed by atoms with Gasteiger partial charge in [-0.1, -0.05) is 39.0 Å². The predicted molar refractivity (Wildman–Crippen MR) is 159 cm³/mol. The van der Waals surface area contributed by atoms with E-state index in [0.717, 1.165) is 5.57 Å². The smallest absolute Gasteiger partial charge is 0.407 e. The van der Waals surface area contributed by atoms with Crippen LogP contribution in [0.25, 0.3) is 0 Å². The molecular formula is C33H46N2O9. The van der Waals surface area contributed by atoms with Gasteiger partial charge in [0, 0.05) is 48.4 Å². The summed E-state index contributed by atoms with van der Waals surface area (Å²) in [6.07, 6.45) is 2.67. The lowest BCUT2D eigenvalue weighted by molar-refractivity contribution is -0.172. The molecule has 3 heterocycles. The summed E-state index contributed by atoms with van der Waals surface area (Å²) in [6.45, 7) is 13.1. The van der Waals surface area contributed by atoms with Crippen LogP contribution in [-0.2, 0) is 28.5 Å². The largest absolute Gasteiger partial charge is 0.456 e. The fraction of sp³-hybridized carbons (Fsp3) is 0.667. The Morgan fingerprint density at radius 2 is 1.95 bits per heavy atom. The average molecular weight is 615 g/mol. The van der Waals surface area contributed by atoms with Gasteiger partial charge in [0.25, 0.3) is 0 Å². The van der Waals surface area contributed by atoms with E-state index in [-0.39, 0.29) is 18.4 Å². The highest BCUT2D eigenvalue weighted by Gasteiger charge is 2.73. The van der Waals surface area contributed by atoms with Gasteiger partial charge in [0.15, 0.2) is 6.10 Å². The maximum absolute atomic E-state index is 13.5. The van der Waals surface area contributed by atoms with Crippen LogP contribution in [0.5, 0.6) is 0 Å². The summed E-state index contributed by atoms with van der Waals surface area (Å²) < 4.78 is 30.5. The lowest BCUT2D eigenvalue weighted by atomic mass is 9.51. The maximum Gasteiger partial charge on any atom is 0.407 e. The molecule has 5 rings (SSSR count). The molecule has 2 fully saturated rings. The van der Waals surface area contributed by atoms with Crippen molar-refractivity contribution >= 4 is 18.0 Å². The first-order valence-electron chi connectivity index (χ1n) is 15.5. The Kier molecular flexibility index (Phi) is 8.78. The number of cyclic esters (lactones) is 1. The molecule has 0 aromatic carbocycles. The Bertz CT molecular complexity index is 1310. The van der Waals surface area contributed by atoms with Gasteiger partial charge in [0.1, 0.15) is 35.7 Å². The molecule has 4 aliphatic rings. The summed E-state index contributed by atoms with van der Waals surface area (Å²) in [4.78, 5) is 42.0. The number of aliphatic hydroxyl groups is 1. The van der Waals surface area contributed by atoms with Crippen LogP contribution >= 0.6 is 0 Å². The summed E-state index contributed by atoms with van der Waals surface area (Å²) in [5, 5.41) is 14.7. The molecule has 1 aromatic rings. The van der Waals surface area contributed by atoms with E-state index in [1.54, 1.807) is 25.3 Å². The van der Waals surface area contributed by atoms with E-state index in [0.29, 0.717) is 5.69 Å². The fourth-order valence-corrected chi connectivity index (χ4v) is 8.03. The van der Waals surface area contributed by atoms with Crippen LogP contribution in [0.2, 0.25) is 0 Å². The van der Waals surface area contributed by atoms with Crippen LogP contribution in [0.1, 0.15) is 65.4 Å². The highest BCUT2D eigenvalue weighted by molar-refractivity contribution is 5.87. The summed E-state index contributed by atoms with van der Waals surface area (Å²) in [6, 6.07) is 3.25. The number of aliphatic hydroxyl groups excluding tert-OH is 1. The van der Waals surface area contributed by atoms with Crippen LogP contribution in [0.4, 0.5) is 4.79 Å². The van der Waals surface area contributed by atoms with Gasteiger partial charge < -0.3 is 39.1 Å². The number of alkyl carbamates (subject to hydrolysis) is 1. The van der Waals surface area contributed by atoms with Crippen molar-refractivity contribution in [3.63, 3.8) is 0 Å². The minimum absolute atomic E-state index is 0.123. The molecule has 12 atom stereocenters. The third kappa shape index (κ3) is 5.26. The molecule has 1 amide bonds. The first kappa shape index (κ1) is 32.2. The number of hydrogen-bond acceptors (Lipinski definition) is 9. The molecule has 242 valence electrons. The molecule has 0 radical (unpaired) electrons. The molecule has 11 heteroatoms. The van der Waals surface area contributed by atoms with Crippen molar-refractivity contribution in [2.45, 2.75) is 103 Å². The van der Waals surface area contributed by atoms with Crippen molar-refractivity contribution in [1.82, 2.24) is 10.3 Å². The monoisotopic (exact) mass is 614 g/mol. The number of carbonyl (C=O) groups is 3. The van der Waals surface area contributed by atoms with E-state index in [1.807, 2.05) is 53.7 Å². The zero-order valence-electron chi connectivity index (χ0n) is 26.7. The Morgan fingerprint density at radius 1 is 1.23 bits per heavy atom. The Labute approximate surface area is 258 Å². The van der Waals surface area contributed by atoms with Crippen molar-refractivity contribution in [3.8, 4) is 0 Å². The van der Waals surface area contributed by atoms with Gasteiger partial charge in [-0.2, -0.15) is 0 Å². The van der Waals surface area contributed by atoms with Crippen molar-refractivity contribution in [1.29, 1.82) is 0 Å². The third-order valence-corrected chi connectivity index (χ3v) is 10.1. The summed E-state index contributed by atoms with van der Waals surface area (Å²) >= 11 is 0. The summed E-state index contributed by atoms with van der Waals surface area (Å²) in [5.74, 6) is -2.66. The van der Waals surface area contributed by atoms with Crippen LogP contribution in [-0.4, -0.2) is 83.5 Å². The lowest BCUT2D eigenvalue weighted by Gasteiger charge is -2.53. The molecule has 11 nitrogen and oxygen atoms in total. The second-order valence-corrected chi connectivity index (χ2v) is 13.4. The topological polar surface area (TPSA) is 145 Å². The first-order chi connectivity index (χ1) is 20.7. The molecule has 0 unspecified atom stereocenters. The standard InChI is InChI=1S/C33H46N2O9/c1-16(2)35-31(39)41-20(6)25-17(3)14-18(4)33-21(15-23(40-8)30(38)42-25)11-12-32(7)27(33)24(36)19(5)26(28(32)44-33)43-29(37)22-10-9-13-34-22/h9-14,16-17,19-21,23-28,34,36H,15H2,1-8H3,(H,35,39)/b18-14+/t17-,19-,20-,21-,23+,24-,25+,26-,27-,28+,32-,33+/m1/s1. The number of aromatic nitrogens is 1. The van der Waals surface area contributed by atoms with E-state index in [4.69, 9.17) is 23.7 Å². The minimum Gasteiger partial charge on any atom is -0.456 e. The van der Waals surface area contributed by atoms with Gasteiger partial charge in [-0.05, 0) is 51.8 Å². The van der Waals surface area contributed by atoms with Crippen LogP contribution in [0.3, 0.4) is 0 Å². The quantitative estimate of drug-likeness (QED) is 0.247. The zero-order valence-corrected chi connectivity index (χ0v) is 26.7. The number of hydrogen-bond donors (Lipinski definition) is 3. The Balaban J connectivity index is 1.55. The van der Waals surface area contributed by atoms with Gasteiger partial charge in [0.05, 0.1) is 6.10 Å². The number of esters is 2. The molecule has 1 spiro atoms. The van der Waals surface area contributed by atoms with Crippen LogP contribution in [0, 0.1) is 29.1 Å². The molecule has 44 heavy (non-hydrogen) atoms. The third-order valence-electron chi connectivity index (χ3n) is 10.1. The molecule has 2 aliphatic carbocycles. The zero-order chi connectivity index (χ0) is 32.1. The molecule has 1 saturated heterocycles. The number of H-pyrrole nitrogens is 1. The number of aromatic amines is 1. The number of rotatable bonds is 6. The molecular weight excluding hydrogens is 568 g/mol. The molecule has 1 aromatic heterocycles. The second-order valence-electron chi connectivity index (χ2n) is 13.4. The Hall–Kier alpha value is -3.15. The number of methoxy groups -OCH3 is 1. The molecule has 2 aliphatic heterocycles. The van der Waals surface area contributed by atoms with Crippen molar-refractivity contribution in [2.24, 2.45) is 29.1 Å². The van der Waals surface area contributed by atoms with E-state index in [1.165, 1.54) is 7.11 Å². The molecule has 1 saturated carbocycles. The number of carbonyl (C=O) groups excluding carboxylic acids is 3. The van der Waals surface area contributed by atoms with Gasteiger partial charge in [-0.25, -0.2) is 14.4 Å². The molecule has 3 N–H and O–H groups in total. The predicted octanol–water partition coefficient (Wildman–Crippen LogP) is 3.93. The highest BCUT2D eigenvalue weighted by atomic mass is 16.6. The van der Waals surface area contributed by atoms with E-state index >= 15 is 0 Å². The SMILES string of the molecule is CO[C@H]1C[C@H]2C=C[C@]3(C)[C@H]4[C@H](O)[C@@H](C)[C@@H](OC(=O)c5ccc[nH]5)[C@@H]3O[C@@]24/C(C)=C/[C@@H](C)[C@@H]([C@@H](C)OC(=O)NC(C)C)OC1=O. The van der Waals surface area contributed by atoms with Crippen LogP contribution in [0.15, 0.2) is 42.1 Å². The lowest BCUT2D eigenvalue weighted by Crippen LogP contribution is -2.61. The number of amides is 1. The van der Waals surface area contributed by atoms with Crippen molar-refractivity contribution in [3.05, 3.63) is 47.8 Å². The minimum atomic E-state index is -1.03. The summed E-state index contributed by atoms with van der Waals surface area (Å²) in [7, 11) is 1.46. The van der Waals surface area contributed by atoms with Crippen LogP contribution < -0.4 is 5.32 Å². The van der Waals surface area contributed by atoms with Gasteiger partial charge in [-0.3, -0.25) is 0 Å². The van der Waals surface area contributed by atoms with E-state index in [9.17, 15) is 19.5 Å². The average Bonchev–Trinajstić information content (AvgIpc) is 3.53. The van der Waals surface area contributed by atoms with Crippen molar-refractivity contribution < 1.29 is 43.2 Å². The van der Waals surface area contributed by atoms with Gasteiger partial charge >= 0.3 is 18.0 Å². The van der Waals surface area contributed by atoms with Gasteiger partial charge in [-0.15, -0.1) is 0 Å².